The number of nitrogens with one attached hydrogen (secondary N) is 2. The molecule has 1 aliphatic rings. The van der Waals surface area contributed by atoms with E-state index in [4.69, 9.17) is 19.5 Å². The third kappa shape index (κ3) is 20.8. The Kier molecular flexibility index (Phi) is 24.1. The maximum atomic E-state index is 12.7. The molecule has 0 saturated carbocycles. The molecule has 7 unspecified atom stereocenters. The van der Waals surface area contributed by atoms with E-state index >= 15 is 0 Å². The van der Waals surface area contributed by atoms with Gasteiger partial charge in [-0.2, -0.15) is 4.31 Å². The molecule has 65 heavy (non-hydrogen) atoms. The maximum Gasteiger partial charge on any atom is 0.481 e. The van der Waals surface area contributed by atoms with E-state index in [2.05, 4.69) is 41.3 Å². The first-order valence-electron chi connectivity index (χ1n) is 21.6. The normalized spacial score (nSPS) is 20.3. The largest absolute Gasteiger partial charge is 0.481 e. The van der Waals surface area contributed by atoms with E-state index in [1.807, 2.05) is 0 Å². The molecule has 24 nitrogen and oxygen atoms in total. The highest BCUT2D eigenvalue weighted by Gasteiger charge is 2.50. The van der Waals surface area contributed by atoms with Crippen molar-refractivity contribution in [3.63, 3.8) is 0 Å². The van der Waals surface area contributed by atoms with Gasteiger partial charge in [-0.05, 0) is 6.42 Å². The molecule has 1 fully saturated rings. The number of phosphoric acid groups is 3. The fourth-order valence-corrected chi connectivity index (χ4v) is 10.2. The minimum atomic E-state index is -5.57. The van der Waals surface area contributed by atoms with E-state index in [1.165, 1.54) is 78.1 Å². The number of phosphoric ester groups is 3. The van der Waals surface area contributed by atoms with E-state index in [0.717, 1.165) is 48.2 Å². The molecule has 7 atom stereocenters. The number of aliphatic hydroxyl groups is 2. The number of rotatable bonds is 33. The minimum Gasteiger partial charge on any atom is -0.386 e. The number of aromatic nitrogens is 4. The Bertz CT molecular complexity index is 1960. The Balaban J connectivity index is 1.32. The van der Waals surface area contributed by atoms with Crippen LogP contribution in [0, 0.1) is 5.41 Å². The topological polar surface area (TPSA) is 364 Å². The van der Waals surface area contributed by atoms with E-state index in [0.29, 0.717) is 12.2 Å². The Morgan fingerprint density at radius 2 is 1.48 bits per heavy atom. The highest BCUT2D eigenvalue weighted by atomic mass is 32.2. The molecule has 10 N–H and O–H groups in total. The molecule has 2 amide bonds. The number of carbonyl (C=O) groups is 3. The second kappa shape index (κ2) is 27.5. The van der Waals surface area contributed by atoms with Gasteiger partial charge in [0, 0.05) is 37.1 Å². The van der Waals surface area contributed by atoms with Gasteiger partial charge in [-0.25, -0.2) is 28.6 Å². The van der Waals surface area contributed by atoms with Crippen LogP contribution in [0.4, 0.5) is 5.82 Å². The van der Waals surface area contributed by atoms with Crippen molar-refractivity contribution >= 4 is 69.1 Å². The second-order valence-electron chi connectivity index (χ2n) is 16.3. The number of aliphatic hydroxyl groups excluding tert-OH is 2. The summed E-state index contributed by atoms with van der Waals surface area (Å²) in [6.07, 6.45) is 9.53. The number of thioether (sulfide) groups is 1. The molecular weight excluding hydrogens is 939 g/mol. The van der Waals surface area contributed by atoms with Crippen LogP contribution in [0.1, 0.15) is 123 Å². The fraction of sp³-hybridized carbons (Fsp3) is 0.784. The SMILES string of the molecule is CCCCCCCCCCCCCCCC(=O)SCCNC(=O)CCNC(=O)C(O)C(C)(C)COP(=O)(O)OP(=O)(O)OCC1OC(n2cnc3c(N)ncnc32)C(O)C1OP(=O)(O)O. The number of hydrogen-bond acceptors (Lipinski definition) is 18. The van der Waals surface area contributed by atoms with Crippen molar-refractivity contribution in [2.75, 3.05) is 37.8 Å². The lowest BCUT2D eigenvalue weighted by Gasteiger charge is -2.30. The standard InChI is InChI=1S/C37H66N7O17P3S/c1-4-5-6-7-8-9-10-11-12-13-14-15-16-17-28(46)65-21-20-39-27(45)18-19-40-35(49)32(48)37(2,3)23-58-64(55,56)61-63(53,54)57-22-26-31(60-62(50,51)52)30(47)36(59-26)44-25-43-29-33(38)41-24-42-34(29)44/h24-26,30-32,36,47-48H,4-23H2,1-3H3,(H,39,45)(H,40,49)(H,53,54)(H,55,56)(H2,38,41,42)(H2,50,51,52). The summed E-state index contributed by atoms with van der Waals surface area (Å²) in [7, 11) is -16.4. The van der Waals surface area contributed by atoms with Crippen molar-refractivity contribution in [1.29, 1.82) is 0 Å². The van der Waals surface area contributed by atoms with Gasteiger partial charge in [0.1, 0.15) is 36.3 Å². The predicted molar refractivity (Wildman–Crippen MR) is 237 cm³/mol. The molecule has 0 spiro atoms. The van der Waals surface area contributed by atoms with Crippen molar-refractivity contribution in [3.8, 4) is 0 Å². The van der Waals surface area contributed by atoms with Gasteiger partial charge < -0.3 is 50.9 Å². The first kappa shape index (κ1) is 56.9. The van der Waals surface area contributed by atoms with Crippen molar-refractivity contribution < 1.29 is 80.5 Å². The van der Waals surface area contributed by atoms with Crippen LogP contribution in [0.25, 0.3) is 11.2 Å². The second-order valence-corrected chi connectivity index (χ2v) is 21.7. The van der Waals surface area contributed by atoms with Crippen LogP contribution in [0.15, 0.2) is 12.7 Å². The highest BCUT2D eigenvalue weighted by molar-refractivity contribution is 8.13. The number of imidazole rings is 1. The van der Waals surface area contributed by atoms with E-state index < -0.39 is 84.6 Å². The van der Waals surface area contributed by atoms with Crippen molar-refractivity contribution in [2.24, 2.45) is 5.41 Å². The number of nitrogens with zero attached hydrogens (tertiary/aromatic N) is 4. The van der Waals surface area contributed by atoms with Gasteiger partial charge in [0.2, 0.25) is 11.8 Å². The molecule has 0 aliphatic carbocycles. The summed E-state index contributed by atoms with van der Waals surface area (Å²) in [5.41, 5.74) is 4.29. The first-order valence-corrected chi connectivity index (χ1v) is 27.1. The smallest absolute Gasteiger partial charge is 0.386 e. The lowest BCUT2D eigenvalue weighted by Crippen LogP contribution is -2.46. The van der Waals surface area contributed by atoms with Gasteiger partial charge >= 0.3 is 23.5 Å². The van der Waals surface area contributed by atoms with Crippen molar-refractivity contribution in [2.45, 2.75) is 148 Å². The van der Waals surface area contributed by atoms with Crippen LogP contribution in [0.3, 0.4) is 0 Å². The summed E-state index contributed by atoms with van der Waals surface area (Å²) >= 11 is 1.15. The zero-order valence-electron chi connectivity index (χ0n) is 37.0. The number of unbranched alkanes of at least 4 members (excludes halogenated alkanes) is 12. The average Bonchev–Trinajstić information content (AvgIpc) is 3.79. The van der Waals surface area contributed by atoms with E-state index in [-0.39, 0.29) is 41.6 Å². The number of nitrogens with two attached hydrogens (primary N) is 1. The van der Waals surface area contributed by atoms with Gasteiger partial charge in [0.15, 0.2) is 22.8 Å². The zero-order chi connectivity index (χ0) is 48.3. The van der Waals surface area contributed by atoms with Gasteiger partial charge in [-0.15, -0.1) is 0 Å². The van der Waals surface area contributed by atoms with Gasteiger partial charge in [-0.1, -0.05) is 110 Å². The van der Waals surface area contributed by atoms with Gasteiger partial charge in [0.05, 0.1) is 19.5 Å². The maximum absolute atomic E-state index is 12.7. The monoisotopic (exact) mass is 1010 g/mol. The van der Waals surface area contributed by atoms with Crippen molar-refractivity contribution in [3.05, 3.63) is 12.7 Å². The molecule has 0 aromatic carbocycles. The Hall–Kier alpha value is -2.44. The lowest BCUT2D eigenvalue weighted by molar-refractivity contribution is -0.137. The summed E-state index contributed by atoms with van der Waals surface area (Å²) in [6, 6.07) is 0. The Labute approximate surface area is 382 Å². The number of nitrogen functional groups attached to an aromatic ring is 1. The summed E-state index contributed by atoms with van der Waals surface area (Å²) in [5, 5.41) is 26.6. The molecule has 0 radical (unpaired) electrons. The molecule has 28 heteroatoms. The van der Waals surface area contributed by atoms with Crippen molar-refractivity contribution in [1.82, 2.24) is 30.2 Å². The molecule has 372 valence electrons. The Morgan fingerprint density at radius 1 is 0.877 bits per heavy atom. The van der Waals surface area contributed by atoms with E-state index in [9.17, 15) is 57.9 Å². The van der Waals surface area contributed by atoms with Gasteiger partial charge in [-0.3, -0.25) is 32.5 Å². The van der Waals surface area contributed by atoms with E-state index in [1.54, 1.807) is 0 Å². The highest BCUT2D eigenvalue weighted by Crippen LogP contribution is 2.61. The lowest BCUT2D eigenvalue weighted by atomic mass is 9.87. The number of ether oxygens (including phenoxy) is 1. The summed E-state index contributed by atoms with van der Waals surface area (Å²) < 4.78 is 62.4. The summed E-state index contributed by atoms with van der Waals surface area (Å²) in [4.78, 5) is 88.3. The molecule has 2 aromatic heterocycles. The summed E-state index contributed by atoms with van der Waals surface area (Å²) in [6.45, 7) is 2.81. The third-order valence-corrected chi connectivity index (χ3v) is 14.3. The third-order valence-electron chi connectivity index (χ3n) is 10.2. The Morgan fingerprint density at radius 3 is 2.09 bits per heavy atom. The molecule has 3 heterocycles. The van der Waals surface area contributed by atoms with Crippen LogP contribution in [-0.2, 0) is 50.7 Å². The first-order chi connectivity index (χ1) is 30.6. The minimum absolute atomic E-state index is 0.0338. The predicted octanol–water partition coefficient (Wildman–Crippen LogP) is 4.15. The number of amides is 2. The van der Waals surface area contributed by atoms with Crippen LogP contribution in [0.5, 0.6) is 0 Å². The molecule has 2 aromatic rings. The quantitative estimate of drug-likeness (QED) is 0.0358. The molecule has 1 saturated heterocycles. The fourth-order valence-electron chi connectivity index (χ4n) is 6.65. The molecular formula is C37H66N7O17P3S. The molecule has 0 bridgehead atoms. The number of carbonyl (C=O) groups excluding carboxylic acids is 3. The van der Waals surface area contributed by atoms with Gasteiger partial charge in [0.25, 0.3) is 0 Å². The summed E-state index contributed by atoms with van der Waals surface area (Å²) in [5.74, 6) is -1.02. The van der Waals surface area contributed by atoms with Crippen LogP contribution in [-0.4, -0.2) is 123 Å². The molecule has 1 aliphatic heterocycles. The average molecular weight is 1010 g/mol. The molecule has 3 rings (SSSR count). The number of fused-ring (bicyclic) bond motifs is 1. The van der Waals surface area contributed by atoms with Crippen LogP contribution in [0.2, 0.25) is 0 Å². The number of anilines is 1. The van der Waals surface area contributed by atoms with Crippen LogP contribution >= 0.6 is 35.2 Å². The zero-order valence-corrected chi connectivity index (χ0v) is 40.5. The van der Waals surface area contributed by atoms with Crippen LogP contribution < -0.4 is 16.4 Å². The number of hydrogen-bond donors (Lipinski definition) is 9.